The third-order valence-corrected chi connectivity index (χ3v) is 6.81. The molecule has 1 aliphatic heterocycles. The van der Waals surface area contributed by atoms with Gasteiger partial charge in [-0.25, -0.2) is 0 Å². The van der Waals surface area contributed by atoms with E-state index in [9.17, 15) is 19.7 Å². The molecular weight excluding hydrogens is 470 g/mol. The Labute approximate surface area is 216 Å². The second-order valence-corrected chi connectivity index (χ2v) is 9.40. The molecule has 1 aliphatic rings. The highest BCUT2D eigenvalue weighted by molar-refractivity contribution is 6.07. The lowest BCUT2D eigenvalue weighted by Gasteiger charge is -2.32. The number of pyridine rings is 1. The number of hydrogen-bond acceptors (Lipinski definition) is 6. The number of aryl methyl sites for hydroxylation is 1. The molecule has 2 amide bonds. The van der Waals surface area contributed by atoms with Crippen LogP contribution in [0.3, 0.4) is 0 Å². The second-order valence-electron chi connectivity index (χ2n) is 9.40. The van der Waals surface area contributed by atoms with Crippen LogP contribution in [-0.2, 0) is 6.42 Å². The average Bonchev–Trinajstić information content (AvgIpc) is 2.92. The number of nitrogens with one attached hydrogen (secondary N) is 1. The summed E-state index contributed by atoms with van der Waals surface area (Å²) in [6, 6.07) is 15.8. The molecule has 2 aromatic carbocycles. The van der Waals surface area contributed by atoms with E-state index in [1.807, 2.05) is 55.4 Å². The van der Waals surface area contributed by atoms with Crippen molar-refractivity contribution in [2.75, 3.05) is 37.4 Å². The number of nitrogens with zero attached hydrogens (tertiary/aromatic N) is 4. The molecule has 1 N–H and O–H groups in total. The number of nitro benzene ring substituents is 1. The Morgan fingerprint density at radius 1 is 1.08 bits per heavy atom. The summed E-state index contributed by atoms with van der Waals surface area (Å²) in [6.07, 6.45) is 4.24. The van der Waals surface area contributed by atoms with Gasteiger partial charge >= 0.3 is 0 Å². The van der Waals surface area contributed by atoms with Gasteiger partial charge in [0.25, 0.3) is 17.5 Å². The van der Waals surface area contributed by atoms with Gasteiger partial charge < -0.3 is 15.1 Å². The molecule has 0 radical (unpaired) electrons. The molecule has 0 saturated carbocycles. The van der Waals surface area contributed by atoms with Crippen molar-refractivity contribution in [2.45, 2.75) is 32.1 Å². The minimum atomic E-state index is -0.550. The lowest BCUT2D eigenvalue weighted by atomic mass is 9.89. The standard InChI is InChI=1S/C28H31N5O4/c1-4-19-11-14-29-25(17-19)28(35)32-15-12-21(13-16-32)20-5-7-22(8-6-20)30-27(34)24-18-23(31(2)3)9-10-26(24)33(36)37/h5-11,14,17-18,21H,4,12-13,15-16H2,1-3H3,(H,30,34). The predicted molar refractivity (Wildman–Crippen MR) is 143 cm³/mol. The van der Waals surface area contributed by atoms with Crippen molar-refractivity contribution in [3.63, 3.8) is 0 Å². The van der Waals surface area contributed by atoms with Gasteiger partial charge in [-0.2, -0.15) is 0 Å². The van der Waals surface area contributed by atoms with Crippen LogP contribution >= 0.6 is 0 Å². The number of carbonyl (C=O) groups is 2. The Kier molecular flexibility index (Phi) is 7.81. The van der Waals surface area contributed by atoms with Crippen LogP contribution in [0.15, 0.2) is 60.8 Å². The molecule has 0 spiro atoms. The smallest absolute Gasteiger partial charge is 0.282 e. The molecule has 0 atom stereocenters. The largest absolute Gasteiger partial charge is 0.378 e. The van der Waals surface area contributed by atoms with Crippen LogP contribution in [0.25, 0.3) is 0 Å². The highest BCUT2D eigenvalue weighted by atomic mass is 16.6. The molecule has 0 bridgehead atoms. The van der Waals surface area contributed by atoms with E-state index in [4.69, 9.17) is 0 Å². The van der Waals surface area contributed by atoms with Crippen molar-refractivity contribution in [3.8, 4) is 0 Å². The zero-order valence-corrected chi connectivity index (χ0v) is 21.3. The van der Waals surface area contributed by atoms with Crippen molar-refractivity contribution < 1.29 is 14.5 Å². The summed E-state index contributed by atoms with van der Waals surface area (Å²) in [5.74, 6) is -0.253. The first-order chi connectivity index (χ1) is 17.8. The minimum absolute atomic E-state index is 0.0104. The molecule has 192 valence electrons. The van der Waals surface area contributed by atoms with E-state index < -0.39 is 10.8 Å². The number of nitro groups is 1. The van der Waals surface area contributed by atoms with Gasteiger partial charge in [0.05, 0.1) is 4.92 Å². The number of likely N-dealkylation sites (tertiary alicyclic amines) is 1. The van der Waals surface area contributed by atoms with Crippen LogP contribution in [0.4, 0.5) is 17.1 Å². The zero-order valence-electron chi connectivity index (χ0n) is 21.3. The Bertz CT molecular complexity index is 1300. The fraction of sp³-hybridized carbons (Fsp3) is 0.321. The summed E-state index contributed by atoms with van der Waals surface area (Å²) >= 11 is 0. The molecular formula is C28H31N5O4. The highest BCUT2D eigenvalue weighted by Gasteiger charge is 2.26. The summed E-state index contributed by atoms with van der Waals surface area (Å²) in [5.41, 5.74) is 3.76. The number of hydrogen-bond donors (Lipinski definition) is 1. The SMILES string of the molecule is CCc1ccnc(C(=O)N2CCC(c3ccc(NC(=O)c4cc(N(C)C)ccc4[N+](=O)[O-])cc3)CC2)c1. The maximum Gasteiger partial charge on any atom is 0.282 e. The average molecular weight is 502 g/mol. The van der Waals surface area contributed by atoms with E-state index in [1.54, 1.807) is 17.2 Å². The second kappa shape index (κ2) is 11.2. The monoisotopic (exact) mass is 501 g/mol. The van der Waals surface area contributed by atoms with Crippen molar-refractivity contribution >= 4 is 28.9 Å². The first-order valence-electron chi connectivity index (χ1n) is 12.4. The maximum atomic E-state index is 12.9. The summed E-state index contributed by atoms with van der Waals surface area (Å²) in [4.78, 5) is 44.6. The van der Waals surface area contributed by atoms with Crippen LogP contribution in [0.1, 0.15) is 57.7 Å². The van der Waals surface area contributed by atoms with E-state index >= 15 is 0 Å². The Morgan fingerprint density at radius 3 is 2.41 bits per heavy atom. The van der Waals surface area contributed by atoms with E-state index in [-0.39, 0.29) is 17.2 Å². The Morgan fingerprint density at radius 2 is 1.78 bits per heavy atom. The number of aromatic nitrogens is 1. The van der Waals surface area contributed by atoms with Gasteiger partial charge in [0, 0.05) is 50.8 Å². The number of benzene rings is 2. The molecule has 1 aromatic heterocycles. The molecule has 1 fully saturated rings. The number of rotatable bonds is 7. The van der Waals surface area contributed by atoms with Gasteiger partial charge in [-0.05, 0) is 72.7 Å². The molecule has 3 aromatic rings. The lowest BCUT2D eigenvalue weighted by Crippen LogP contribution is -2.38. The first kappa shape index (κ1) is 25.8. The number of anilines is 2. The minimum Gasteiger partial charge on any atom is -0.378 e. The molecule has 37 heavy (non-hydrogen) atoms. The van der Waals surface area contributed by atoms with Gasteiger partial charge in [0.2, 0.25) is 0 Å². The summed E-state index contributed by atoms with van der Waals surface area (Å²) in [7, 11) is 3.62. The Balaban J connectivity index is 1.39. The van der Waals surface area contributed by atoms with Crippen LogP contribution < -0.4 is 10.2 Å². The highest BCUT2D eigenvalue weighted by Crippen LogP contribution is 2.30. The zero-order chi connectivity index (χ0) is 26.5. The van der Waals surface area contributed by atoms with Crippen molar-refractivity contribution in [3.05, 3.63) is 93.3 Å². The lowest BCUT2D eigenvalue weighted by molar-refractivity contribution is -0.385. The van der Waals surface area contributed by atoms with E-state index in [2.05, 4.69) is 17.2 Å². The third-order valence-electron chi connectivity index (χ3n) is 6.81. The maximum absolute atomic E-state index is 12.9. The fourth-order valence-electron chi connectivity index (χ4n) is 4.57. The Hall–Kier alpha value is -4.27. The van der Waals surface area contributed by atoms with E-state index in [0.29, 0.717) is 36.1 Å². The number of piperidine rings is 1. The van der Waals surface area contributed by atoms with E-state index in [0.717, 1.165) is 30.4 Å². The molecule has 9 heteroatoms. The van der Waals surface area contributed by atoms with Crippen LogP contribution in [-0.4, -0.2) is 53.8 Å². The molecule has 1 saturated heterocycles. The molecule has 0 aliphatic carbocycles. The quantitative estimate of drug-likeness (QED) is 0.365. The first-order valence-corrected chi connectivity index (χ1v) is 12.4. The van der Waals surface area contributed by atoms with Crippen molar-refractivity contribution in [1.29, 1.82) is 0 Å². The molecule has 0 unspecified atom stereocenters. The topological polar surface area (TPSA) is 109 Å². The van der Waals surface area contributed by atoms with Crippen molar-refractivity contribution in [1.82, 2.24) is 9.88 Å². The van der Waals surface area contributed by atoms with Crippen LogP contribution in [0, 0.1) is 10.1 Å². The van der Waals surface area contributed by atoms with Gasteiger partial charge in [0.1, 0.15) is 11.3 Å². The summed E-state index contributed by atoms with van der Waals surface area (Å²) in [5, 5.41) is 14.2. The van der Waals surface area contributed by atoms with Gasteiger partial charge in [-0.3, -0.25) is 24.7 Å². The van der Waals surface area contributed by atoms with Crippen molar-refractivity contribution in [2.24, 2.45) is 0 Å². The predicted octanol–water partition coefficient (Wildman–Crippen LogP) is 4.89. The van der Waals surface area contributed by atoms with E-state index in [1.165, 1.54) is 12.1 Å². The molecule has 4 rings (SSSR count). The summed E-state index contributed by atoms with van der Waals surface area (Å²) in [6.45, 7) is 3.37. The molecule has 2 heterocycles. The molecule has 9 nitrogen and oxygen atoms in total. The van der Waals surface area contributed by atoms with Gasteiger partial charge in [-0.1, -0.05) is 19.1 Å². The summed E-state index contributed by atoms with van der Waals surface area (Å²) < 4.78 is 0. The normalized spacial score (nSPS) is 13.8. The fourth-order valence-corrected chi connectivity index (χ4v) is 4.57. The number of carbonyl (C=O) groups excluding carboxylic acids is 2. The van der Waals surface area contributed by atoms with Gasteiger partial charge in [-0.15, -0.1) is 0 Å². The van der Waals surface area contributed by atoms with Crippen LogP contribution in [0.2, 0.25) is 0 Å². The number of amides is 2. The van der Waals surface area contributed by atoms with Crippen LogP contribution in [0.5, 0.6) is 0 Å². The third kappa shape index (κ3) is 5.94. The van der Waals surface area contributed by atoms with Gasteiger partial charge in [0.15, 0.2) is 0 Å².